The molecule has 4 rings (SSSR count). The van der Waals surface area contributed by atoms with Crippen LogP contribution in [0.3, 0.4) is 0 Å². The molecule has 1 aliphatic carbocycles. The molecule has 3 aromatic rings. The van der Waals surface area contributed by atoms with Crippen LogP contribution >= 0.6 is 11.3 Å². The Morgan fingerprint density at radius 1 is 1.30 bits per heavy atom. The summed E-state index contributed by atoms with van der Waals surface area (Å²) >= 11 is 1.81. The number of hydrogen-bond donors (Lipinski definition) is 1. The van der Waals surface area contributed by atoms with Crippen molar-refractivity contribution in [2.45, 2.75) is 46.5 Å². The Kier molecular flexibility index (Phi) is 4.91. The molecule has 0 aromatic carbocycles. The fourth-order valence-corrected chi connectivity index (χ4v) is 4.94. The summed E-state index contributed by atoms with van der Waals surface area (Å²) in [5.41, 5.74) is 5.71. The van der Waals surface area contributed by atoms with Crippen LogP contribution in [0, 0.1) is 11.3 Å². The Labute approximate surface area is 164 Å². The number of hydrogen-bond acceptors (Lipinski definition) is 6. The molecule has 0 amide bonds. The van der Waals surface area contributed by atoms with Crippen molar-refractivity contribution >= 4 is 33.6 Å². The second-order valence-corrected chi connectivity index (χ2v) is 8.90. The van der Waals surface area contributed by atoms with Gasteiger partial charge in [0.15, 0.2) is 5.82 Å². The minimum absolute atomic E-state index is 0.353. The molecule has 6 heteroatoms. The summed E-state index contributed by atoms with van der Waals surface area (Å²) in [7, 11) is 0. The number of pyridine rings is 1. The molecule has 0 fully saturated rings. The molecule has 0 saturated carbocycles. The largest absolute Gasteiger partial charge is 0.261 e. The van der Waals surface area contributed by atoms with Crippen molar-refractivity contribution < 1.29 is 0 Å². The van der Waals surface area contributed by atoms with Crippen molar-refractivity contribution in [3.8, 4) is 0 Å². The van der Waals surface area contributed by atoms with Gasteiger partial charge in [-0.2, -0.15) is 5.10 Å². The molecule has 3 aromatic heterocycles. The monoisotopic (exact) mass is 379 g/mol. The van der Waals surface area contributed by atoms with Crippen LogP contribution in [-0.4, -0.2) is 21.2 Å². The zero-order valence-corrected chi connectivity index (χ0v) is 16.9. The number of hydrazone groups is 1. The second-order valence-electron chi connectivity index (χ2n) is 7.81. The SMILES string of the molecule is CCC(C)(C)[C@@H]1CCc2sc3ncnc(N/N=C\c4ccccn4)c3c2C1. The zero-order valence-electron chi connectivity index (χ0n) is 16.1. The Morgan fingerprint density at radius 2 is 2.19 bits per heavy atom. The summed E-state index contributed by atoms with van der Waals surface area (Å²) in [5.74, 6) is 1.48. The maximum absolute atomic E-state index is 4.52. The fourth-order valence-electron chi connectivity index (χ4n) is 3.76. The van der Waals surface area contributed by atoms with Crippen molar-refractivity contribution in [1.82, 2.24) is 15.0 Å². The summed E-state index contributed by atoms with van der Waals surface area (Å²) in [4.78, 5) is 15.8. The minimum atomic E-state index is 0.353. The molecule has 1 atom stereocenters. The third kappa shape index (κ3) is 3.58. The number of rotatable bonds is 5. The lowest BCUT2D eigenvalue weighted by Crippen LogP contribution is -2.28. The van der Waals surface area contributed by atoms with Gasteiger partial charge < -0.3 is 0 Å². The van der Waals surface area contributed by atoms with Crippen molar-refractivity contribution in [1.29, 1.82) is 0 Å². The maximum Gasteiger partial charge on any atom is 0.158 e. The molecule has 0 aliphatic heterocycles. The lowest BCUT2D eigenvalue weighted by molar-refractivity contribution is 0.184. The van der Waals surface area contributed by atoms with Gasteiger partial charge in [0, 0.05) is 11.1 Å². The summed E-state index contributed by atoms with van der Waals surface area (Å²) in [6, 6.07) is 5.76. The fraction of sp³-hybridized carbons (Fsp3) is 0.429. The topological polar surface area (TPSA) is 63.1 Å². The molecule has 5 nitrogen and oxygen atoms in total. The number of thiophene rings is 1. The van der Waals surface area contributed by atoms with Crippen molar-refractivity contribution in [2.75, 3.05) is 5.43 Å². The molecule has 1 N–H and O–H groups in total. The van der Waals surface area contributed by atoms with E-state index in [2.05, 4.69) is 46.3 Å². The average molecular weight is 380 g/mol. The molecule has 1 aliphatic rings. The maximum atomic E-state index is 4.52. The highest BCUT2D eigenvalue weighted by atomic mass is 32.1. The highest BCUT2D eigenvalue weighted by Crippen LogP contribution is 2.45. The first kappa shape index (κ1) is 18.0. The zero-order chi connectivity index (χ0) is 18.9. The van der Waals surface area contributed by atoms with E-state index in [-0.39, 0.29) is 0 Å². The van der Waals surface area contributed by atoms with E-state index in [1.54, 1.807) is 18.7 Å². The molecule has 0 spiro atoms. The molecular formula is C21H25N5S. The van der Waals surface area contributed by atoms with Crippen LogP contribution in [0.15, 0.2) is 35.8 Å². The first-order valence-electron chi connectivity index (χ1n) is 9.54. The summed E-state index contributed by atoms with van der Waals surface area (Å²) in [6.07, 6.45) is 9.80. The van der Waals surface area contributed by atoms with E-state index in [1.807, 2.05) is 29.5 Å². The van der Waals surface area contributed by atoms with Crippen LogP contribution in [0.4, 0.5) is 5.82 Å². The third-order valence-corrected chi connectivity index (χ3v) is 7.11. The number of nitrogens with one attached hydrogen (secondary N) is 1. The summed E-state index contributed by atoms with van der Waals surface area (Å²) in [6.45, 7) is 7.08. The van der Waals surface area contributed by atoms with Crippen LogP contribution in [0.25, 0.3) is 10.2 Å². The number of aryl methyl sites for hydroxylation is 1. The Balaban J connectivity index is 1.65. The van der Waals surface area contributed by atoms with Gasteiger partial charge in [0.05, 0.1) is 17.3 Å². The van der Waals surface area contributed by atoms with Crippen LogP contribution in [0.1, 0.15) is 49.7 Å². The van der Waals surface area contributed by atoms with Gasteiger partial charge in [0.2, 0.25) is 0 Å². The van der Waals surface area contributed by atoms with Crippen LogP contribution < -0.4 is 5.43 Å². The van der Waals surface area contributed by atoms with Gasteiger partial charge in [-0.15, -0.1) is 11.3 Å². The van der Waals surface area contributed by atoms with Gasteiger partial charge in [0.25, 0.3) is 0 Å². The number of fused-ring (bicyclic) bond motifs is 3. The van der Waals surface area contributed by atoms with Gasteiger partial charge in [-0.25, -0.2) is 9.97 Å². The molecule has 0 unspecified atom stereocenters. The van der Waals surface area contributed by atoms with Crippen LogP contribution in [0.2, 0.25) is 0 Å². The van der Waals surface area contributed by atoms with Crippen molar-refractivity contribution in [2.24, 2.45) is 16.4 Å². The first-order valence-corrected chi connectivity index (χ1v) is 10.4. The third-order valence-electron chi connectivity index (χ3n) is 5.91. The van der Waals surface area contributed by atoms with Crippen LogP contribution in [0.5, 0.6) is 0 Å². The molecule has 27 heavy (non-hydrogen) atoms. The average Bonchev–Trinajstić information content (AvgIpc) is 3.07. The first-order chi connectivity index (χ1) is 13.1. The van der Waals surface area contributed by atoms with Gasteiger partial charge in [-0.3, -0.25) is 10.4 Å². The van der Waals surface area contributed by atoms with E-state index in [1.165, 1.54) is 23.3 Å². The molecule has 3 heterocycles. The second kappa shape index (κ2) is 7.35. The van der Waals surface area contributed by atoms with E-state index < -0.39 is 0 Å². The van der Waals surface area contributed by atoms with E-state index in [0.29, 0.717) is 11.3 Å². The predicted octanol–water partition coefficient (Wildman–Crippen LogP) is 5.07. The quantitative estimate of drug-likeness (QED) is 0.496. The Bertz CT molecular complexity index is 961. The molecule has 140 valence electrons. The molecular weight excluding hydrogens is 354 g/mol. The molecule has 0 radical (unpaired) electrons. The standard InChI is InChI=1S/C21H25N5S/c1-4-21(2,3)14-8-9-17-16(11-14)18-19(23-13-24-20(18)27-17)26-25-12-15-7-5-6-10-22-15/h5-7,10,12-14H,4,8-9,11H2,1-3H3,(H,23,24,26)/b25-12-/t14-/m1/s1. The molecule has 0 bridgehead atoms. The Hall–Kier alpha value is -2.34. The smallest absolute Gasteiger partial charge is 0.158 e. The van der Waals surface area contributed by atoms with Gasteiger partial charge >= 0.3 is 0 Å². The normalized spacial score (nSPS) is 17.4. The number of anilines is 1. The van der Waals surface area contributed by atoms with E-state index in [9.17, 15) is 0 Å². The number of aromatic nitrogens is 3. The predicted molar refractivity (Wildman–Crippen MR) is 112 cm³/mol. The highest BCUT2D eigenvalue weighted by molar-refractivity contribution is 7.19. The Morgan fingerprint density at radius 3 is 2.96 bits per heavy atom. The summed E-state index contributed by atoms with van der Waals surface area (Å²) < 4.78 is 0. The van der Waals surface area contributed by atoms with E-state index in [0.717, 1.165) is 34.6 Å². The molecule has 0 saturated heterocycles. The van der Waals surface area contributed by atoms with Gasteiger partial charge in [0.1, 0.15) is 11.2 Å². The summed E-state index contributed by atoms with van der Waals surface area (Å²) in [5, 5.41) is 5.50. The van der Waals surface area contributed by atoms with E-state index in [4.69, 9.17) is 0 Å². The van der Waals surface area contributed by atoms with Gasteiger partial charge in [-0.05, 0) is 48.3 Å². The lowest BCUT2D eigenvalue weighted by atomic mass is 9.69. The van der Waals surface area contributed by atoms with Crippen molar-refractivity contribution in [3.05, 3.63) is 46.9 Å². The van der Waals surface area contributed by atoms with Gasteiger partial charge in [-0.1, -0.05) is 33.3 Å². The lowest BCUT2D eigenvalue weighted by Gasteiger charge is -2.36. The van der Waals surface area contributed by atoms with E-state index >= 15 is 0 Å². The van der Waals surface area contributed by atoms with Crippen LogP contribution in [-0.2, 0) is 12.8 Å². The van der Waals surface area contributed by atoms with Crippen molar-refractivity contribution in [3.63, 3.8) is 0 Å². The highest BCUT2D eigenvalue weighted by Gasteiger charge is 2.33. The number of nitrogens with zero attached hydrogens (tertiary/aromatic N) is 4. The minimum Gasteiger partial charge on any atom is -0.261 e.